The molecule has 0 saturated carbocycles. The lowest BCUT2D eigenvalue weighted by Crippen LogP contribution is -2.49. The molecule has 15 heteroatoms. The number of hydrogen-bond donors (Lipinski definition) is 0. The van der Waals surface area contributed by atoms with Gasteiger partial charge in [-0.2, -0.15) is 0 Å². The highest BCUT2D eigenvalue weighted by Gasteiger charge is 2.34. The fraction of sp³-hybridized carbons (Fsp3) is 0.381. The maximum atomic E-state index is 16.3. The number of carbonyl (C=O) groups excluding carboxylic acids is 1. The van der Waals surface area contributed by atoms with E-state index in [1.165, 1.54) is 66.5 Å². The van der Waals surface area contributed by atoms with Crippen molar-refractivity contribution in [3.63, 3.8) is 0 Å². The van der Waals surface area contributed by atoms with Crippen molar-refractivity contribution in [2.75, 3.05) is 37.3 Å². The minimum atomic E-state index is -4.20. The number of anilines is 1. The predicted molar refractivity (Wildman–Crippen MR) is 217 cm³/mol. The smallest absolute Gasteiger partial charge is 0.410 e. The Labute approximate surface area is 332 Å². The van der Waals surface area contributed by atoms with E-state index in [2.05, 4.69) is 0 Å². The first kappa shape index (κ1) is 40.1. The molecule has 2 fully saturated rings. The van der Waals surface area contributed by atoms with E-state index in [0.29, 0.717) is 49.3 Å². The fourth-order valence-electron chi connectivity index (χ4n) is 7.61. The molecule has 3 aromatic carbocycles. The van der Waals surface area contributed by atoms with Crippen LogP contribution in [0.3, 0.4) is 0 Å². The van der Waals surface area contributed by atoms with Crippen LogP contribution < -0.4 is 15.2 Å². The molecule has 0 unspecified atom stereocenters. The average Bonchev–Trinajstić information content (AvgIpc) is 3.59. The fourth-order valence-corrected chi connectivity index (χ4v) is 9.61. The Bertz CT molecular complexity index is 2630. The molecule has 57 heavy (non-hydrogen) atoms. The number of halogens is 1. The highest BCUT2D eigenvalue weighted by molar-refractivity contribution is 7.90. The number of hydrogen-bond acceptors (Lipinski definition) is 9. The van der Waals surface area contributed by atoms with Crippen molar-refractivity contribution in [1.29, 1.82) is 0 Å². The lowest BCUT2D eigenvalue weighted by atomic mass is 9.83. The monoisotopic (exact) mass is 818 g/mol. The molecule has 1 amide bonds. The van der Waals surface area contributed by atoms with E-state index in [1.807, 2.05) is 32.6 Å². The Kier molecular flexibility index (Phi) is 10.5. The van der Waals surface area contributed by atoms with Crippen LogP contribution in [0.5, 0.6) is 11.5 Å². The van der Waals surface area contributed by atoms with Gasteiger partial charge in [-0.1, -0.05) is 23.8 Å². The van der Waals surface area contributed by atoms with Crippen molar-refractivity contribution in [3.8, 4) is 22.6 Å². The van der Waals surface area contributed by atoms with Gasteiger partial charge in [-0.15, -0.1) is 0 Å². The number of nitrogens with zero attached hydrogens (tertiary/aromatic N) is 4. The van der Waals surface area contributed by atoms with Gasteiger partial charge in [0.1, 0.15) is 16.9 Å². The molecule has 2 aliphatic rings. The lowest BCUT2D eigenvalue weighted by molar-refractivity contribution is 0.0173. The van der Waals surface area contributed by atoms with Gasteiger partial charge in [-0.25, -0.2) is 30.0 Å². The predicted octanol–water partition coefficient (Wildman–Crippen LogP) is 7.36. The molecule has 12 nitrogen and oxygen atoms in total. The summed E-state index contributed by atoms with van der Waals surface area (Å²) in [6, 6.07) is 16.8. The number of rotatable bonds is 9. The van der Waals surface area contributed by atoms with E-state index in [0.717, 1.165) is 35.1 Å². The van der Waals surface area contributed by atoms with Crippen LogP contribution in [0.4, 0.5) is 14.9 Å². The molecular formula is C42H47FN4O8S2. The van der Waals surface area contributed by atoms with Gasteiger partial charge in [0.05, 0.1) is 15.5 Å². The van der Waals surface area contributed by atoms with Crippen LogP contribution in [-0.2, 0) is 31.6 Å². The number of fused-ring (bicyclic) bond motifs is 1. The Hall–Kier alpha value is -5.15. The van der Waals surface area contributed by atoms with Gasteiger partial charge in [-0.05, 0) is 107 Å². The van der Waals surface area contributed by atoms with Crippen molar-refractivity contribution < 1.29 is 35.5 Å². The molecule has 0 spiro atoms. The molecule has 0 radical (unpaired) electrons. The molecule has 7 rings (SSSR count). The van der Waals surface area contributed by atoms with Gasteiger partial charge in [-0.3, -0.25) is 4.79 Å². The van der Waals surface area contributed by atoms with Crippen molar-refractivity contribution in [1.82, 2.24) is 13.4 Å². The van der Waals surface area contributed by atoms with Crippen molar-refractivity contribution in [3.05, 3.63) is 101 Å². The lowest BCUT2D eigenvalue weighted by Gasteiger charge is -2.43. The molecule has 0 aliphatic carbocycles. The number of sulfone groups is 1. The Morgan fingerprint density at radius 3 is 2.19 bits per heavy atom. The second kappa shape index (κ2) is 15.0. The Morgan fingerprint density at radius 2 is 1.54 bits per heavy atom. The Balaban J connectivity index is 1.15. The quantitative estimate of drug-likeness (QED) is 0.149. The Morgan fingerprint density at radius 1 is 0.877 bits per heavy atom. The third kappa shape index (κ3) is 8.17. The van der Waals surface area contributed by atoms with Gasteiger partial charge < -0.3 is 23.8 Å². The average molecular weight is 819 g/mol. The summed E-state index contributed by atoms with van der Waals surface area (Å²) in [5.41, 5.74) is 0.504. The number of aryl methyl sites for hydroxylation is 2. The van der Waals surface area contributed by atoms with Crippen molar-refractivity contribution in [2.45, 2.75) is 62.3 Å². The van der Waals surface area contributed by atoms with E-state index in [9.17, 15) is 26.4 Å². The van der Waals surface area contributed by atoms with Crippen LogP contribution in [0, 0.1) is 24.6 Å². The highest BCUT2D eigenvalue weighted by Crippen LogP contribution is 2.42. The third-order valence-electron chi connectivity index (χ3n) is 10.6. The number of aromatic nitrogens is 2. The summed E-state index contributed by atoms with van der Waals surface area (Å²) in [6.45, 7) is 10.0. The summed E-state index contributed by atoms with van der Waals surface area (Å²) in [6.07, 6.45) is 6.32. The SMILES string of the molecule is Cc1ccc(S(=O)(=O)n2ccc3c(-c4cc(S(C)(=O)=O)ccc4Oc4cccc(N5CC(CC6CCN(C(=O)OC(C)(C)C)CC6)C5)c4F)cn(C)c(=O)c32)cc1. The molecule has 4 heterocycles. The zero-order valence-electron chi connectivity index (χ0n) is 32.9. The van der Waals surface area contributed by atoms with Gasteiger partial charge in [0, 0.05) is 68.4 Å². The van der Waals surface area contributed by atoms with E-state index < -0.39 is 36.8 Å². The highest BCUT2D eigenvalue weighted by atomic mass is 32.2. The van der Waals surface area contributed by atoms with Crippen LogP contribution in [0.15, 0.2) is 93.7 Å². The van der Waals surface area contributed by atoms with E-state index >= 15 is 4.39 Å². The molecular weight excluding hydrogens is 772 g/mol. The second-order valence-corrected chi connectivity index (χ2v) is 20.0. The normalized spacial score (nSPS) is 15.8. The first-order valence-corrected chi connectivity index (χ1v) is 22.2. The van der Waals surface area contributed by atoms with Gasteiger partial charge in [0.25, 0.3) is 15.6 Å². The number of pyridine rings is 1. The van der Waals surface area contributed by atoms with Crippen molar-refractivity contribution >= 4 is 42.5 Å². The number of likely N-dealkylation sites (tertiary alicyclic amines) is 1. The topological polar surface area (TPSA) is 137 Å². The summed E-state index contributed by atoms with van der Waals surface area (Å²) >= 11 is 0. The molecule has 0 atom stereocenters. The van der Waals surface area contributed by atoms with Crippen LogP contribution in [0.25, 0.3) is 22.0 Å². The second-order valence-electron chi connectivity index (χ2n) is 16.2. The van der Waals surface area contributed by atoms with Crippen LogP contribution in [-0.4, -0.2) is 74.4 Å². The standard InChI is InChI=1S/C42H47FN4O8S2/c1-27-10-12-30(13-11-27)57(52,53)47-21-18-32-34(26-44(5)40(48)39(32)47)33-23-31(56(6,50)51)14-15-36(33)54-37-9-7-8-35(38(37)43)46-24-29(25-46)22-28-16-19-45(20-17-28)41(49)55-42(2,3)4/h7-15,18,21,23,26,28-29H,16-17,19-20,22,24-25H2,1-6H3. The minimum Gasteiger partial charge on any atom is -0.454 e. The molecule has 2 aliphatic heterocycles. The summed E-state index contributed by atoms with van der Waals surface area (Å²) in [5.74, 6) is 0.274. The first-order valence-electron chi connectivity index (χ1n) is 18.9. The van der Waals surface area contributed by atoms with Crippen LogP contribution in [0.1, 0.15) is 45.6 Å². The maximum absolute atomic E-state index is 16.3. The van der Waals surface area contributed by atoms with Gasteiger partial charge in [0.15, 0.2) is 21.4 Å². The van der Waals surface area contributed by atoms with Crippen molar-refractivity contribution in [2.24, 2.45) is 18.9 Å². The molecule has 0 bridgehead atoms. The van der Waals surface area contributed by atoms with Crippen LogP contribution >= 0.6 is 0 Å². The molecule has 2 aromatic heterocycles. The number of piperidine rings is 1. The molecule has 302 valence electrons. The van der Waals surface area contributed by atoms with E-state index in [4.69, 9.17) is 9.47 Å². The summed E-state index contributed by atoms with van der Waals surface area (Å²) < 4.78 is 83.4. The van der Waals surface area contributed by atoms with E-state index in [1.54, 1.807) is 29.2 Å². The zero-order valence-corrected chi connectivity index (χ0v) is 34.5. The minimum absolute atomic E-state index is 0.00865. The van der Waals surface area contributed by atoms with E-state index in [-0.39, 0.29) is 43.8 Å². The summed E-state index contributed by atoms with van der Waals surface area (Å²) in [4.78, 5) is 29.8. The molecule has 0 N–H and O–H groups in total. The number of benzene rings is 3. The van der Waals surface area contributed by atoms with Gasteiger partial charge in [0.2, 0.25) is 0 Å². The van der Waals surface area contributed by atoms with Gasteiger partial charge >= 0.3 is 6.09 Å². The summed E-state index contributed by atoms with van der Waals surface area (Å²) in [7, 11) is -6.46. The van der Waals surface area contributed by atoms with Crippen LogP contribution in [0.2, 0.25) is 0 Å². The number of amides is 1. The maximum Gasteiger partial charge on any atom is 0.410 e. The number of ether oxygens (including phenoxy) is 2. The first-order chi connectivity index (χ1) is 26.8. The zero-order chi connectivity index (χ0) is 41.0. The molecule has 2 saturated heterocycles. The molecule has 5 aromatic rings. The third-order valence-corrected chi connectivity index (χ3v) is 13.4. The largest absolute Gasteiger partial charge is 0.454 e. The number of carbonyl (C=O) groups is 1. The summed E-state index contributed by atoms with van der Waals surface area (Å²) in [5, 5.41) is 0.237.